The van der Waals surface area contributed by atoms with Crippen molar-refractivity contribution in [1.29, 1.82) is 0 Å². The monoisotopic (exact) mass is 299 g/mol. The van der Waals surface area contributed by atoms with Crippen molar-refractivity contribution in [3.63, 3.8) is 0 Å². The van der Waals surface area contributed by atoms with Crippen molar-refractivity contribution in [2.75, 3.05) is 38.0 Å². The Morgan fingerprint density at radius 2 is 1.95 bits per heavy atom. The lowest BCUT2D eigenvalue weighted by atomic mass is 10.2. The zero-order valence-electron chi connectivity index (χ0n) is 12.8. The van der Waals surface area contributed by atoms with Crippen LogP contribution < -0.4 is 9.62 Å². The summed E-state index contributed by atoms with van der Waals surface area (Å²) in [5.74, 6) is 0. The lowest BCUT2D eigenvalue weighted by Gasteiger charge is -2.26. The van der Waals surface area contributed by atoms with Gasteiger partial charge in [-0.25, -0.2) is 0 Å². The minimum absolute atomic E-state index is 0.505. The molecule has 0 spiro atoms. The number of anilines is 1. The Balaban J connectivity index is 2.71. The molecule has 0 aromatic heterocycles. The summed E-state index contributed by atoms with van der Waals surface area (Å²) in [4.78, 5) is 0. The topological polar surface area (TPSA) is 52.7 Å². The van der Waals surface area contributed by atoms with Crippen LogP contribution in [0.5, 0.6) is 0 Å². The molecule has 0 unspecified atom stereocenters. The van der Waals surface area contributed by atoms with Crippen LogP contribution in [0.25, 0.3) is 0 Å². The van der Waals surface area contributed by atoms with Crippen molar-refractivity contribution in [3.05, 3.63) is 29.8 Å². The fourth-order valence-electron chi connectivity index (χ4n) is 1.88. The zero-order valence-corrected chi connectivity index (χ0v) is 13.6. The molecular weight excluding hydrogens is 274 g/mol. The lowest BCUT2D eigenvalue weighted by Crippen LogP contribution is -2.40. The van der Waals surface area contributed by atoms with E-state index in [9.17, 15) is 8.42 Å². The summed E-state index contributed by atoms with van der Waals surface area (Å²) in [5.41, 5.74) is 1.72. The van der Waals surface area contributed by atoms with Gasteiger partial charge in [-0.15, -0.1) is 0 Å². The minimum Gasteiger partial charge on any atom is -0.317 e. The van der Waals surface area contributed by atoms with E-state index in [1.54, 1.807) is 20.2 Å². The molecule has 0 saturated carbocycles. The van der Waals surface area contributed by atoms with Gasteiger partial charge in [0.15, 0.2) is 0 Å². The van der Waals surface area contributed by atoms with E-state index in [1.165, 1.54) is 8.61 Å². The van der Waals surface area contributed by atoms with Crippen molar-refractivity contribution >= 4 is 15.9 Å². The van der Waals surface area contributed by atoms with E-state index in [0.717, 1.165) is 25.1 Å². The van der Waals surface area contributed by atoms with Crippen LogP contribution in [0.3, 0.4) is 0 Å². The van der Waals surface area contributed by atoms with Gasteiger partial charge in [-0.3, -0.25) is 4.31 Å². The Morgan fingerprint density at radius 3 is 2.55 bits per heavy atom. The number of hydrogen-bond donors (Lipinski definition) is 1. The highest BCUT2D eigenvalue weighted by Crippen LogP contribution is 2.19. The van der Waals surface area contributed by atoms with Crippen LogP contribution >= 0.6 is 0 Å². The maximum atomic E-state index is 12.4. The average Bonchev–Trinajstić information content (AvgIpc) is 2.42. The summed E-state index contributed by atoms with van der Waals surface area (Å²) in [6, 6.07) is 7.48. The molecule has 0 heterocycles. The standard InChI is InChI=1S/C14H25N3O2S/c1-5-15-10-7-11-16(3)20(18,19)17(4)14-9-6-8-13(2)12-14/h6,8-9,12,15H,5,7,10-11H2,1-4H3. The van der Waals surface area contributed by atoms with E-state index in [1.807, 2.05) is 32.0 Å². The van der Waals surface area contributed by atoms with Crippen molar-refractivity contribution in [1.82, 2.24) is 9.62 Å². The summed E-state index contributed by atoms with van der Waals surface area (Å²) >= 11 is 0. The fraction of sp³-hybridized carbons (Fsp3) is 0.571. The van der Waals surface area contributed by atoms with Crippen LogP contribution in [0, 0.1) is 6.92 Å². The van der Waals surface area contributed by atoms with Crippen molar-refractivity contribution < 1.29 is 8.42 Å². The van der Waals surface area contributed by atoms with Crippen LogP contribution in [0.1, 0.15) is 18.9 Å². The Kier molecular flexibility index (Phi) is 6.45. The predicted molar refractivity (Wildman–Crippen MR) is 84.3 cm³/mol. The third kappa shape index (κ3) is 4.47. The molecule has 5 nitrogen and oxygen atoms in total. The highest BCUT2D eigenvalue weighted by molar-refractivity contribution is 7.90. The molecule has 6 heteroatoms. The first-order valence-corrected chi connectivity index (χ1v) is 8.27. The van der Waals surface area contributed by atoms with E-state index < -0.39 is 10.2 Å². The zero-order chi connectivity index (χ0) is 15.2. The maximum Gasteiger partial charge on any atom is 0.303 e. The van der Waals surface area contributed by atoms with Gasteiger partial charge in [0.25, 0.3) is 0 Å². The predicted octanol–water partition coefficient (Wildman–Crippen LogP) is 1.61. The third-order valence-corrected chi connectivity index (χ3v) is 5.06. The minimum atomic E-state index is -3.46. The molecule has 1 rings (SSSR count). The maximum absolute atomic E-state index is 12.4. The van der Waals surface area contributed by atoms with Gasteiger partial charge < -0.3 is 5.32 Å². The summed E-state index contributed by atoms with van der Waals surface area (Å²) < 4.78 is 27.6. The van der Waals surface area contributed by atoms with Crippen LogP contribution in [-0.2, 0) is 10.2 Å². The molecule has 0 fully saturated rings. The van der Waals surface area contributed by atoms with Crippen molar-refractivity contribution in [2.45, 2.75) is 20.3 Å². The van der Waals surface area contributed by atoms with Gasteiger partial charge in [-0.05, 0) is 44.1 Å². The molecule has 0 saturated heterocycles. The van der Waals surface area contributed by atoms with Gasteiger partial charge in [-0.2, -0.15) is 12.7 Å². The smallest absolute Gasteiger partial charge is 0.303 e. The summed E-state index contributed by atoms with van der Waals surface area (Å²) in [7, 11) is -0.250. The molecule has 0 aliphatic rings. The van der Waals surface area contributed by atoms with Crippen LogP contribution in [0.2, 0.25) is 0 Å². The third-order valence-electron chi connectivity index (χ3n) is 3.18. The highest BCUT2D eigenvalue weighted by atomic mass is 32.2. The number of hydrogen-bond acceptors (Lipinski definition) is 3. The van der Waals surface area contributed by atoms with Gasteiger partial charge >= 0.3 is 10.2 Å². The first-order valence-electron chi connectivity index (χ1n) is 6.87. The molecule has 0 aliphatic carbocycles. The second-order valence-electron chi connectivity index (χ2n) is 4.84. The first kappa shape index (κ1) is 16.9. The normalized spacial score (nSPS) is 11.8. The van der Waals surface area contributed by atoms with Crippen molar-refractivity contribution in [2.24, 2.45) is 0 Å². The number of nitrogens with one attached hydrogen (secondary N) is 1. The Bertz CT molecular complexity index is 517. The number of nitrogens with zero attached hydrogens (tertiary/aromatic N) is 2. The van der Waals surface area contributed by atoms with E-state index >= 15 is 0 Å². The van der Waals surface area contributed by atoms with E-state index in [0.29, 0.717) is 12.2 Å². The molecule has 0 amide bonds. The molecule has 0 bridgehead atoms. The molecule has 114 valence electrons. The molecule has 1 aromatic carbocycles. The van der Waals surface area contributed by atoms with Gasteiger partial charge in [-0.1, -0.05) is 19.1 Å². The summed E-state index contributed by atoms with van der Waals surface area (Å²) in [6.07, 6.45) is 0.797. The Hall–Kier alpha value is -1.11. The summed E-state index contributed by atoms with van der Waals surface area (Å²) in [5, 5.41) is 3.19. The highest BCUT2D eigenvalue weighted by Gasteiger charge is 2.23. The lowest BCUT2D eigenvalue weighted by molar-refractivity contribution is 0.454. The molecule has 0 aliphatic heterocycles. The Labute approximate surface area is 122 Å². The van der Waals surface area contributed by atoms with Crippen molar-refractivity contribution in [3.8, 4) is 0 Å². The second kappa shape index (κ2) is 7.61. The van der Waals surface area contributed by atoms with Gasteiger partial charge in [0.1, 0.15) is 0 Å². The molecular formula is C14H25N3O2S. The fourth-order valence-corrected chi connectivity index (χ4v) is 3.04. The van der Waals surface area contributed by atoms with Crippen LogP contribution in [-0.4, -0.2) is 46.5 Å². The number of benzene rings is 1. The Morgan fingerprint density at radius 1 is 1.25 bits per heavy atom. The van der Waals surface area contributed by atoms with E-state index in [4.69, 9.17) is 0 Å². The number of rotatable bonds is 8. The summed E-state index contributed by atoms with van der Waals surface area (Å²) in [6.45, 7) is 6.21. The molecule has 0 atom stereocenters. The van der Waals surface area contributed by atoms with Gasteiger partial charge in [0.2, 0.25) is 0 Å². The molecule has 1 aromatic rings. The molecule has 20 heavy (non-hydrogen) atoms. The first-order chi connectivity index (χ1) is 9.39. The molecule has 1 N–H and O–H groups in total. The molecule has 0 radical (unpaired) electrons. The average molecular weight is 299 g/mol. The van der Waals surface area contributed by atoms with E-state index in [2.05, 4.69) is 5.32 Å². The quantitative estimate of drug-likeness (QED) is 0.742. The second-order valence-corrected chi connectivity index (χ2v) is 6.91. The SMILES string of the molecule is CCNCCCN(C)S(=O)(=O)N(C)c1cccc(C)c1. The van der Waals surface area contributed by atoms with E-state index in [-0.39, 0.29) is 0 Å². The largest absolute Gasteiger partial charge is 0.317 e. The van der Waals surface area contributed by atoms with Gasteiger partial charge in [0.05, 0.1) is 5.69 Å². The van der Waals surface area contributed by atoms with Crippen LogP contribution in [0.4, 0.5) is 5.69 Å². The van der Waals surface area contributed by atoms with Crippen LogP contribution in [0.15, 0.2) is 24.3 Å². The number of aryl methyl sites for hydroxylation is 1. The van der Waals surface area contributed by atoms with Gasteiger partial charge in [0, 0.05) is 20.6 Å².